The normalized spacial score (nSPS) is 7.14. The van der Waals surface area contributed by atoms with Gasteiger partial charge in [0.25, 0.3) is 0 Å². The number of rotatable bonds is 2. The predicted octanol–water partition coefficient (Wildman–Crippen LogP) is 1.53. The van der Waals surface area contributed by atoms with E-state index in [4.69, 9.17) is 5.41 Å². The van der Waals surface area contributed by atoms with E-state index in [0.29, 0.717) is 0 Å². The van der Waals surface area contributed by atoms with Crippen molar-refractivity contribution in [3.8, 4) is 0 Å². The molecule has 0 unspecified atom stereocenters. The number of hydrogen-bond acceptors (Lipinski definition) is 2. The van der Waals surface area contributed by atoms with Gasteiger partial charge in [0, 0.05) is 0 Å². The fourth-order valence-corrected chi connectivity index (χ4v) is 0.170. The molecule has 0 fully saturated rings. The first-order chi connectivity index (χ1) is 3.27. The van der Waals surface area contributed by atoms with Crippen LogP contribution in [0.1, 0.15) is 13.8 Å². The second-order valence-electron chi connectivity index (χ2n) is 1.45. The first-order valence-corrected chi connectivity index (χ1v) is 2.05. The molecule has 2 heteroatoms. The second kappa shape index (κ2) is 3.40. The fourth-order valence-electron chi connectivity index (χ4n) is 0.170. The van der Waals surface area contributed by atoms with Crippen molar-refractivity contribution in [2.75, 3.05) is 0 Å². The lowest BCUT2D eigenvalue weighted by molar-refractivity contribution is 0.484. The maximum absolute atomic E-state index is 6.40. The van der Waals surface area contributed by atoms with Crippen LogP contribution < -0.4 is 0 Å². The molecule has 0 atom stereocenters. The van der Waals surface area contributed by atoms with Gasteiger partial charge in [0.15, 0.2) is 6.40 Å². The molecule has 2 nitrogen and oxygen atoms in total. The molecule has 0 spiro atoms. The SMILES string of the molecule is CC(C)=COC=N. The standard InChI is InChI=1S/C5H9NO/c1-5(2)3-7-4-6/h3-4,6H,1-2H3. The van der Waals surface area contributed by atoms with Crippen molar-refractivity contribution in [3.05, 3.63) is 11.8 Å². The Morgan fingerprint density at radius 3 is 2.29 bits per heavy atom. The average Bonchev–Trinajstić information content (AvgIpc) is 1.61. The molecule has 0 heterocycles. The highest BCUT2D eigenvalue weighted by atomic mass is 16.5. The third kappa shape index (κ3) is 5.21. The van der Waals surface area contributed by atoms with Gasteiger partial charge in [0.05, 0.1) is 6.26 Å². The van der Waals surface area contributed by atoms with Crippen molar-refractivity contribution in [1.29, 1.82) is 5.41 Å². The number of allylic oxidation sites excluding steroid dienone is 1. The van der Waals surface area contributed by atoms with Gasteiger partial charge >= 0.3 is 0 Å². The van der Waals surface area contributed by atoms with Crippen LogP contribution in [-0.4, -0.2) is 6.40 Å². The Kier molecular flexibility index (Phi) is 3.02. The van der Waals surface area contributed by atoms with Crippen LogP contribution in [0.15, 0.2) is 11.8 Å². The van der Waals surface area contributed by atoms with E-state index in [2.05, 4.69) is 4.74 Å². The predicted molar refractivity (Wildman–Crippen MR) is 29.3 cm³/mol. The molecule has 0 radical (unpaired) electrons. The molecule has 40 valence electrons. The Balaban J connectivity index is 3.25. The summed E-state index contributed by atoms with van der Waals surface area (Å²) in [6.45, 7) is 3.81. The van der Waals surface area contributed by atoms with E-state index in [1.165, 1.54) is 6.26 Å². The Bertz CT molecular complexity index is 82.1. The molecular formula is C5H9NO. The van der Waals surface area contributed by atoms with Crippen LogP contribution in [0.5, 0.6) is 0 Å². The van der Waals surface area contributed by atoms with Crippen molar-refractivity contribution in [2.45, 2.75) is 13.8 Å². The van der Waals surface area contributed by atoms with Gasteiger partial charge in [-0.2, -0.15) is 0 Å². The number of ether oxygens (including phenoxy) is 1. The second-order valence-corrected chi connectivity index (χ2v) is 1.45. The molecule has 0 saturated carbocycles. The molecule has 0 aliphatic carbocycles. The quantitative estimate of drug-likeness (QED) is 0.318. The zero-order valence-corrected chi connectivity index (χ0v) is 4.56. The number of nitrogens with one attached hydrogen (secondary N) is 1. The van der Waals surface area contributed by atoms with E-state index in [9.17, 15) is 0 Å². The minimum absolute atomic E-state index is 0.896. The smallest absolute Gasteiger partial charge is 0.172 e. The number of hydrogen-bond donors (Lipinski definition) is 1. The van der Waals surface area contributed by atoms with Crippen LogP contribution in [0.25, 0.3) is 0 Å². The molecule has 0 amide bonds. The van der Waals surface area contributed by atoms with Gasteiger partial charge in [-0.15, -0.1) is 0 Å². The summed E-state index contributed by atoms with van der Waals surface area (Å²) < 4.78 is 4.47. The highest BCUT2D eigenvalue weighted by Gasteiger charge is 1.70. The van der Waals surface area contributed by atoms with Crippen molar-refractivity contribution in [3.63, 3.8) is 0 Å². The fraction of sp³-hybridized carbons (Fsp3) is 0.400. The lowest BCUT2D eigenvalue weighted by Crippen LogP contribution is -1.72. The monoisotopic (exact) mass is 99.1 g/mol. The van der Waals surface area contributed by atoms with E-state index in [1.54, 1.807) is 0 Å². The first-order valence-electron chi connectivity index (χ1n) is 2.05. The Labute approximate surface area is 43.3 Å². The lowest BCUT2D eigenvalue weighted by Gasteiger charge is -1.85. The average molecular weight is 99.1 g/mol. The topological polar surface area (TPSA) is 33.1 Å². The van der Waals surface area contributed by atoms with E-state index in [1.807, 2.05) is 13.8 Å². The van der Waals surface area contributed by atoms with Crippen molar-refractivity contribution in [2.24, 2.45) is 0 Å². The molecule has 1 N–H and O–H groups in total. The van der Waals surface area contributed by atoms with E-state index < -0.39 is 0 Å². The van der Waals surface area contributed by atoms with Crippen LogP contribution in [0.3, 0.4) is 0 Å². The van der Waals surface area contributed by atoms with Crippen LogP contribution in [-0.2, 0) is 4.74 Å². The molecule has 0 saturated heterocycles. The van der Waals surface area contributed by atoms with Gasteiger partial charge in [-0.25, -0.2) is 0 Å². The molecule has 7 heavy (non-hydrogen) atoms. The summed E-state index contributed by atoms with van der Waals surface area (Å²) in [6.07, 6.45) is 2.42. The summed E-state index contributed by atoms with van der Waals surface area (Å²) in [5.74, 6) is 0. The van der Waals surface area contributed by atoms with Gasteiger partial charge in [-0.05, 0) is 19.4 Å². The third-order valence-corrected chi connectivity index (χ3v) is 0.372. The van der Waals surface area contributed by atoms with E-state index in [0.717, 1.165) is 12.0 Å². The molecule has 0 aromatic heterocycles. The molecule has 0 aromatic carbocycles. The van der Waals surface area contributed by atoms with E-state index >= 15 is 0 Å². The minimum Gasteiger partial charge on any atom is -0.454 e. The van der Waals surface area contributed by atoms with Crippen LogP contribution in [0.4, 0.5) is 0 Å². The molecular weight excluding hydrogens is 90.1 g/mol. The van der Waals surface area contributed by atoms with Gasteiger partial charge in [-0.3, -0.25) is 5.41 Å². The lowest BCUT2D eigenvalue weighted by atomic mass is 10.4. The van der Waals surface area contributed by atoms with Crippen molar-refractivity contribution in [1.82, 2.24) is 0 Å². The zero-order valence-electron chi connectivity index (χ0n) is 4.56. The molecule has 0 aromatic rings. The Morgan fingerprint density at radius 2 is 2.14 bits per heavy atom. The largest absolute Gasteiger partial charge is 0.454 e. The van der Waals surface area contributed by atoms with Gasteiger partial charge in [0.1, 0.15) is 0 Å². The highest BCUT2D eigenvalue weighted by Crippen LogP contribution is 1.85. The van der Waals surface area contributed by atoms with Crippen LogP contribution in [0, 0.1) is 5.41 Å². The minimum atomic E-state index is 0.896. The summed E-state index contributed by atoms with van der Waals surface area (Å²) in [5, 5.41) is 6.40. The Hall–Kier alpha value is -0.790. The van der Waals surface area contributed by atoms with Crippen LogP contribution in [0.2, 0.25) is 0 Å². The van der Waals surface area contributed by atoms with Gasteiger partial charge in [-0.1, -0.05) is 0 Å². The van der Waals surface area contributed by atoms with Gasteiger partial charge < -0.3 is 4.74 Å². The first kappa shape index (κ1) is 6.21. The summed E-state index contributed by atoms with van der Waals surface area (Å²) in [6, 6.07) is 0. The van der Waals surface area contributed by atoms with Crippen molar-refractivity contribution >= 4 is 6.40 Å². The molecule has 0 aliphatic rings. The van der Waals surface area contributed by atoms with Crippen molar-refractivity contribution < 1.29 is 4.74 Å². The summed E-state index contributed by atoms with van der Waals surface area (Å²) >= 11 is 0. The maximum Gasteiger partial charge on any atom is 0.172 e. The Morgan fingerprint density at radius 1 is 1.57 bits per heavy atom. The summed E-state index contributed by atoms with van der Waals surface area (Å²) in [4.78, 5) is 0. The van der Waals surface area contributed by atoms with E-state index in [-0.39, 0.29) is 0 Å². The molecule has 0 aliphatic heterocycles. The zero-order chi connectivity index (χ0) is 5.70. The molecule has 0 bridgehead atoms. The highest BCUT2D eigenvalue weighted by molar-refractivity contribution is 5.42. The van der Waals surface area contributed by atoms with Crippen LogP contribution >= 0.6 is 0 Å². The molecule has 0 rings (SSSR count). The third-order valence-electron chi connectivity index (χ3n) is 0.372. The van der Waals surface area contributed by atoms with Gasteiger partial charge in [0.2, 0.25) is 0 Å². The summed E-state index contributed by atoms with van der Waals surface area (Å²) in [7, 11) is 0. The summed E-state index contributed by atoms with van der Waals surface area (Å²) in [5.41, 5.74) is 1.06. The maximum atomic E-state index is 6.40.